The summed E-state index contributed by atoms with van der Waals surface area (Å²) in [6, 6.07) is 0. The molecule has 0 unspecified atom stereocenters. The Kier molecular flexibility index (Phi) is 3.41. The van der Waals surface area contributed by atoms with Crippen molar-refractivity contribution in [2.45, 2.75) is 32.2 Å². The van der Waals surface area contributed by atoms with Gasteiger partial charge in [-0.1, -0.05) is 11.6 Å². The summed E-state index contributed by atoms with van der Waals surface area (Å²) in [7, 11) is 2.02. The van der Waals surface area contributed by atoms with Gasteiger partial charge in [0.15, 0.2) is 0 Å². The molecule has 100 valence electrons. The van der Waals surface area contributed by atoms with Gasteiger partial charge in [-0.05, 0) is 19.8 Å². The topological polar surface area (TPSA) is 41.9 Å². The average molecular weight is 295 g/mol. The lowest BCUT2D eigenvalue weighted by atomic mass is 10.3. The van der Waals surface area contributed by atoms with E-state index in [2.05, 4.69) is 25.2 Å². The van der Waals surface area contributed by atoms with E-state index in [1.54, 1.807) is 11.3 Å². The van der Waals surface area contributed by atoms with E-state index in [4.69, 9.17) is 11.6 Å². The molecule has 4 nitrogen and oxygen atoms in total. The van der Waals surface area contributed by atoms with Crippen molar-refractivity contribution in [1.29, 1.82) is 0 Å². The predicted octanol–water partition coefficient (Wildman–Crippen LogP) is 3.41. The van der Waals surface area contributed by atoms with Crippen molar-refractivity contribution in [3.8, 4) is 0 Å². The fourth-order valence-electron chi connectivity index (χ4n) is 2.02. The minimum absolute atomic E-state index is 0.504. The van der Waals surface area contributed by atoms with Gasteiger partial charge in [-0.2, -0.15) is 0 Å². The van der Waals surface area contributed by atoms with E-state index in [9.17, 15) is 0 Å². The largest absolute Gasteiger partial charge is 0.353 e. The van der Waals surface area contributed by atoms with E-state index in [1.807, 2.05) is 19.5 Å². The van der Waals surface area contributed by atoms with Crippen LogP contribution >= 0.6 is 22.9 Å². The monoisotopic (exact) mass is 294 g/mol. The van der Waals surface area contributed by atoms with Crippen LogP contribution in [0, 0.1) is 6.92 Å². The average Bonchev–Trinajstić information content (AvgIpc) is 3.11. The first-order chi connectivity index (χ1) is 9.15. The Bertz CT molecular complexity index is 581. The van der Waals surface area contributed by atoms with Crippen molar-refractivity contribution in [3.63, 3.8) is 0 Å². The van der Waals surface area contributed by atoms with Crippen molar-refractivity contribution in [1.82, 2.24) is 15.0 Å². The zero-order valence-corrected chi connectivity index (χ0v) is 12.5. The van der Waals surface area contributed by atoms with Crippen molar-refractivity contribution in [3.05, 3.63) is 33.1 Å². The molecule has 1 aliphatic carbocycles. The van der Waals surface area contributed by atoms with E-state index in [0.717, 1.165) is 29.4 Å². The van der Waals surface area contributed by atoms with E-state index in [1.165, 1.54) is 12.8 Å². The van der Waals surface area contributed by atoms with Gasteiger partial charge in [0.2, 0.25) is 0 Å². The maximum atomic E-state index is 6.23. The van der Waals surface area contributed by atoms with Crippen molar-refractivity contribution < 1.29 is 0 Å². The molecule has 0 atom stereocenters. The second-order valence-corrected chi connectivity index (χ2v) is 6.01. The van der Waals surface area contributed by atoms with E-state index < -0.39 is 0 Å². The lowest BCUT2D eigenvalue weighted by molar-refractivity contribution is 0.832. The van der Waals surface area contributed by atoms with Gasteiger partial charge in [-0.25, -0.2) is 15.0 Å². The Hall–Kier alpha value is -1.20. The molecule has 19 heavy (non-hydrogen) atoms. The highest BCUT2D eigenvalue weighted by atomic mass is 35.5. The Morgan fingerprint density at radius 2 is 2.21 bits per heavy atom. The van der Waals surface area contributed by atoms with Crippen LogP contribution in [-0.2, 0) is 6.54 Å². The summed E-state index contributed by atoms with van der Waals surface area (Å²) in [5.41, 5.74) is 3.83. The summed E-state index contributed by atoms with van der Waals surface area (Å²) < 4.78 is 0. The molecule has 0 amide bonds. The van der Waals surface area contributed by atoms with Gasteiger partial charge in [0.05, 0.1) is 17.7 Å². The molecule has 0 saturated heterocycles. The highest BCUT2D eigenvalue weighted by Crippen LogP contribution is 2.39. The van der Waals surface area contributed by atoms with Crippen LogP contribution in [0.25, 0.3) is 0 Å². The summed E-state index contributed by atoms with van der Waals surface area (Å²) in [5.74, 6) is 2.30. The Balaban J connectivity index is 1.89. The summed E-state index contributed by atoms with van der Waals surface area (Å²) in [4.78, 5) is 15.5. The minimum Gasteiger partial charge on any atom is -0.353 e. The van der Waals surface area contributed by atoms with Gasteiger partial charge in [0.1, 0.15) is 16.8 Å². The van der Waals surface area contributed by atoms with Gasteiger partial charge < -0.3 is 4.90 Å². The Morgan fingerprint density at radius 1 is 1.42 bits per heavy atom. The number of anilines is 1. The van der Waals surface area contributed by atoms with Crippen LogP contribution in [0.1, 0.15) is 35.8 Å². The number of hydrogen-bond donors (Lipinski definition) is 0. The molecule has 0 bridgehead atoms. The molecule has 2 heterocycles. The van der Waals surface area contributed by atoms with Crippen molar-refractivity contribution >= 4 is 28.8 Å². The molecule has 6 heteroatoms. The van der Waals surface area contributed by atoms with Crippen molar-refractivity contribution in [2.75, 3.05) is 11.9 Å². The molecule has 2 aromatic heterocycles. The van der Waals surface area contributed by atoms with E-state index in [0.29, 0.717) is 11.1 Å². The lowest BCUT2D eigenvalue weighted by Gasteiger charge is -2.20. The van der Waals surface area contributed by atoms with E-state index >= 15 is 0 Å². The normalized spacial score (nSPS) is 14.7. The number of aromatic nitrogens is 3. The number of nitrogens with zero attached hydrogens (tertiary/aromatic N) is 4. The van der Waals surface area contributed by atoms with Crippen LogP contribution in [-0.4, -0.2) is 22.0 Å². The molecule has 0 aliphatic heterocycles. The number of rotatable bonds is 4. The fraction of sp³-hybridized carbons (Fsp3) is 0.462. The molecule has 1 aliphatic rings. The molecule has 0 N–H and O–H groups in total. The first kappa shape index (κ1) is 12.8. The number of halogens is 1. The van der Waals surface area contributed by atoms with Crippen LogP contribution in [0.4, 0.5) is 5.82 Å². The van der Waals surface area contributed by atoms with Gasteiger partial charge >= 0.3 is 0 Å². The Labute approximate surface area is 121 Å². The molecule has 0 radical (unpaired) electrons. The van der Waals surface area contributed by atoms with Crippen molar-refractivity contribution in [2.24, 2.45) is 0 Å². The standard InChI is InChI=1S/C13H15ClN4S/c1-8-11(14)16-12(9-3-4-9)17-13(8)18(2)5-10-6-19-7-15-10/h6-7,9H,3-5H2,1-2H3. The number of hydrogen-bond acceptors (Lipinski definition) is 5. The van der Waals surface area contributed by atoms with Crippen LogP contribution < -0.4 is 4.90 Å². The SMILES string of the molecule is Cc1c(Cl)nc(C2CC2)nc1N(C)Cc1cscn1. The number of thiazole rings is 1. The summed E-state index contributed by atoms with van der Waals surface area (Å²) >= 11 is 7.83. The first-order valence-corrected chi connectivity index (χ1v) is 7.59. The van der Waals surface area contributed by atoms with Crippen LogP contribution in [0.5, 0.6) is 0 Å². The third-order valence-corrected chi connectivity index (χ3v) is 4.27. The molecular formula is C13H15ClN4S. The second-order valence-electron chi connectivity index (χ2n) is 4.93. The molecule has 0 spiro atoms. The zero-order valence-electron chi connectivity index (χ0n) is 10.9. The highest BCUT2D eigenvalue weighted by molar-refractivity contribution is 7.07. The third kappa shape index (κ3) is 2.72. The van der Waals surface area contributed by atoms with E-state index in [-0.39, 0.29) is 0 Å². The van der Waals surface area contributed by atoms with Gasteiger partial charge in [0.25, 0.3) is 0 Å². The predicted molar refractivity (Wildman–Crippen MR) is 78.0 cm³/mol. The summed E-state index contributed by atoms with van der Waals surface area (Å²) in [6.45, 7) is 2.70. The van der Waals surface area contributed by atoms with Gasteiger partial charge in [-0.3, -0.25) is 0 Å². The second kappa shape index (κ2) is 5.06. The van der Waals surface area contributed by atoms with Crippen LogP contribution in [0.3, 0.4) is 0 Å². The smallest absolute Gasteiger partial charge is 0.137 e. The Morgan fingerprint density at radius 3 is 2.84 bits per heavy atom. The lowest BCUT2D eigenvalue weighted by Crippen LogP contribution is -2.20. The molecule has 1 fully saturated rings. The molecular weight excluding hydrogens is 280 g/mol. The maximum Gasteiger partial charge on any atom is 0.137 e. The van der Waals surface area contributed by atoms with Gasteiger partial charge in [0, 0.05) is 23.9 Å². The molecule has 2 aromatic rings. The quantitative estimate of drug-likeness (QED) is 0.811. The van der Waals surface area contributed by atoms with Crippen LogP contribution in [0.15, 0.2) is 10.9 Å². The van der Waals surface area contributed by atoms with Gasteiger partial charge in [-0.15, -0.1) is 11.3 Å². The fourth-order valence-corrected chi connectivity index (χ4v) is 2.74. The molecule has 3 rings (SSSR count). The third-order valence-electron chi connectivity index (χ3n) is 3.26. The maximum absolute atomic E-state index is 6.23. The highest BCUT2D eigenvalue weighted by Gasteiger charge is 2.28. The molecule has 1 saturated carbocycles. The zero-order chi connectivity index (χ0) is 13.4. The summed E-state index contributed by atoms with van der Waals surface area (Å²) in [6.07, 6.45) is 2.35. The molecule has 0 aromatic carbocycles. The first-order valence-electron chi connectivity index (χ1n) is 6.27. The van der Waals surface area contributed by atoms with Crippen LogP contribution in [0.2, 0.25) is 5.15 Å². The minimum atomic E-state index is 0.504. The summed E-state index contributed by atoms with van der Waals surface area (Å²) in [5, 5.41) is 2.62.